The normalized spacial score (nSPS) is 18.9. The molecule has 0 saturated heterocycles. The van der Waals surface area contributed by atoms with E-state index in [1.165, 1.54) is 38.3 Å². The number of halogens is 1. The molecule has 3 rings (SSSR count). The van der Waals surface area contributed by atoms with Crippen LogP contribution in [0.4, 0.5) is 10.2 Å². The molecular formula is C16H24FN3. The Kier molecular flexibility index (Phi) is 4.20. The van der Waals surface area contributed by atoms with Crippen LogP contribution in [-0.2, 0) is 6.54 Å². The summed E-state index contributed by atoms with van der Waals surface area (Å²) in [5.74, 6) is 1.53. The molecule has 4 heteroatoms. The van der Waals surface area contributed by atoms with Gasteiger partial charge in [-0.2, -0.15) is 0 Å². The predicted molar refractivity (Wildman–Crippen MR) is 79.3 cm³/mol. The number of nitrogens with one attached hydrogen (secondary N) is 1. The van der Waals surface area contributed by atoms with E-state index in [9.17, 15) is 4.39 Å². The van der Waals surface area contributed by atoms with Gasteiger partial charge < -0.3 is 10.2 Å². The highest BCUT2D eigenvalue weighted by atomic mass is 19.1. The Hall–Kier alpha value is -1.16. The minimum atomic E-state index is -0.235. The monoisotopic (exact) mass is 277 g/mol. The van der Waals surface area contributed by atoms with Gasteiger partial charge in [-0.1, -0.05) is 6.42 Å². The van der Waals surface area contributed by atoms with Gasteiger partial charge in [0.15, 0.2) is 0 Å². The summed E-state index contributed by atoms with van der Waals surface area (Å²) in [7, 11) is 0. The van der Waals surface area contributed by atoms with Crippen molar-refractivity contribution in [2.45, 2.75) is 51.6 Å². The van der Waals surface area contributed by atoms with Gasteiger partial charge in [-0.25, -0.2) is 9.37 Å². The lowest BCUT2D eigenvalue weighted by Gasteiger charge is -2.33. The van der Waals surface area contributed by atoms with Crippen LogP contribution in [0.2, 0.25) is 0 Å². The van der Waals surface area contributed by atoms with E-state index in [2.05, 4.69) is 22.1 Å². The molecular weight excluding hydrogens is 253 g/mol. The first-order valence-corrected chi connectivity index (χ1v) is 7.89. The number of pyridine rings is 1. The van der Waals surface area contributed by atoms with Gasteiger partial charge >= 0.3 is 0 Å². The molecule has 2 aliphatic carbocycles. The zero-order valence-electron chi connectivity index (χ0n) is 12.2. The summed E-state index contributed by atoms with van der Waals surface area (Å²) >= 11 is 0. The minimum absolute atomic E-state index is 0.235. The molecule has 0 spiro atoms. The molecule has 0 aromatic carbocycles. The average Bonchev–Trinajstić information content (AvgIpc) is 3.20. The summed E-state index contributed by atoms with van der Waals surface area (Å²) < 4.78 is 13.5. The van der Waals surface area contributed by atoms with Gasteiger partial charge in [-0.15, -0.1) is 0 Å². The molecule has 1 aromatic rings. The van der Waals surface area contributed by atoms with Gasteiger partial charge in [0.05, 0.1) is 6.20 Å². The van der Waals surface area contributed by atoms with Gasteiger partial charge in [0.1, 0.15) is 11.6 Å². The van der Waals surface area contributed by atoms with Gasteiger partial charge in [0.2, 0.25) is 0 Å². The Labute approximate surface area is 120 Å². The molecule has 2 fully saturated rings. The van der Waals surface area contributed by atoms with Gasteiger partial charge in [0, 0.05) is 31.2 Å². The molecule has 0 radical (unpaired) electrons. The molecule has 2 aliphatic rings. The third-order valence-electron chi connectivity index (χ3n) is 4.45. The lowest BCUT2D eigenvalue weighted by Crippen LogP contribution is -2.34. The molecule has 20 heavy (non-hydrogen) atoms. The van der Waals surface area contributed by atoms with E-state index < -0.39 is 0 Å². The molecule has 1 N–H and O–H groups in total. The molecule has 0 atom stereocenters. The molecule has 0 bridgehead atoms. The average molecular weight is 277 g/mol. The molecule has 110 valence electrons. The van der Waals surface area contributed by atoms with Crippen LogP contribution < -0.4 is 10.2 Å². The Morgan fingerprint density at radius 1 is 1.35 bits per heavy atom. The van der Waals surface area contributed by atoms with Crippen molar-refractivity contribution in [1.29, 1.82) is 0 Å². The maximum absolute atomic E-state index is 13.5. The maximum atomic E-state index is 13.5. The van der Waals surface area contributed by atoms with E-state index in [1.54, 1.807) is 6.07 Å². The van der Waals surface area contributed by atoms with Crippen molar-refractivity contribution >= 4 is 5.82 Å². The van der Waals surface area contributed by atoms with E-state index >= 15 is 0 Å². The Bertz CT molecular complexity index is 455. The van der Waals surface area contributed by atoms with Crippen LogP contribution in [0.15, 0.2) is 12.3 Å². The predicted octanol–water partition coefficient (Wildman–Crippen LogP) is 3.10. The molecule has 1 heterocycles. The summed E-state index contributed by atoms with van der Waals surface area (Å²) in [4.78, 5) is 6.68. The fraction of sp³-hybridized carbons (Fsp3) is 0.688. The second-order valence-electron chi connectivity index (χ2n) is 6.13. The smallest absolute Gasteiger partial charge is 0.141 e. The maximum Gasteiger partial charge on any atom is 0.141 e. The molecule has 2 saturated carbocycles. The second kappa shape index (κ2) is 6.08. The zero-order chi connectivity index (χ0) is 13.9. The summed E-state index contributed by atoms with van der Waals surface area (Å²) in [6.45, 7) is 4.88. The second-order valence-corrected chi connectivity index (χ2v) is 6.13. The number of hydrogen-bond donors (Lipinski definition) is 1. The number of nitrogens with zero attached hydrogens (tertiary/aromatic N) is 2. The Morgan fingerprint density at radius 2 is 2.15 bits per heavy atom. The Balaban J connectivity index is 1.73. The number of rotatable bonds is 7. The lowest BCUT2D eigenvalue weighted by molar-refractivity contribution is 0.318. The molecule has 0 aliphatic heterocycles. The quantitative estimate of drug-likeness (QED) is 0.830. The van der Waals surface area contributed by atoms with E-state index in [4.69, 9.17) is 0 Å². The zero-order valence-corrected chi connectivity index (χ0v) is 12.2. The summed E-state index contributed by atoms with van der Waals surface area (Å²) in [6.07, 6.45) is 7.85. The first-order valence-electron chi connectivity index (χ1n) is 7.89. The van der Waals surface area contributed by atoms with Crippen LogP contribution in [0.1, 0.15) is 44.6 Å². The third kappa shape index (κ3) is 3.29. The van der Waals surface area contributed by atoms with Crippen molar-refractivity contribution in [3.8, 4) is 0 Å². The van der Waals surface area contributed by atoms with Crippen LogP contribution in [0.3, 0.4) is 0 Å². The van der Waals surface area contributed by atoms with Crippen molar-refractivity contribution in [3.63, 3.8) is 0 Å². The summed E-state index contributed by atoms with van der Waals surface area (Å²) in [5, 5.41) is 3.47. The topological polar surface area (TPSA) is 28.2 Å². The molecule has 3 nitrogen and oxygen atoms in total. The fourth-order valence-corrected chi connectivity index (χ4v) is 2.78. The van der Waals surface area contributed by atoms with Crippen molar-refractivity contribution in [3.05, 3.63) is 23.6 Å². The Morgan fingerprint density at radius 3 is 2.75 bits per heavy atom. The van der Waals surface area contributed by atoms with Crippen molar-refractivity contribution in [1.82, 2.24) is 10.3 Å². The molecule has 0 amide bonds. The molecule has 1 aromatic heterocycles. The van der Waals surface area contributed by atoms with Gasteiger partial charge in [0.25, 0.3) is 0 Å². The van der Waals surface area contributed by atoms with Gasteiger partial charge in [-0.05, 0) is 44.6 Å². The van der Waals surface area contributed by atoms with Crippen LogP contribution in [0, 0.1) is 11.7 Å². The highest BCUT2D eigenvalue weighted by molar-refractivity contribution is 5.47. The van der Waals surface area contributed by atoms with Crippen LogP contribution in [0.5, 0.6) is 0 Å². The summed E-state index contributed by atoms with van der Waals surface area (Å²) in [5.41, 5.74) is 0.998. The van der Waals surface area contributed by atoms with Crippen LogP contribution in [0.25, 0.3) is 0 Å². The lowest BCUT2D eigenvalue weighted by atomic mass is 9.85. The first kappa shape index (κ1) is 13.8. The van der Waals surface area contributed by atoms with Crippen LogP contribution >= 0.6 is 0 Å². The van der Waals surface area contributed by atoms with E-state index in [1.807, 2.05) is 0 Å². The highest BCUT2D eigenvalue weighted by Gasteiger charge is 2.24. The van der Waals surface area contributed by atoms with E-state index in [-0.39, 0.29) is 5.82 Å². The first-order chi connectivity index (χ1) is 9.76. The number of hydrogen-bond acceptors (Lipinski definition) is 3. The number of aromatic nitrogens is 1. The van der Waals surface area contributed by atoms with E-state index in [0.717, 1.165) is 36.9 Å². The van der Waals surface area contributed by atoms with Crippen LogP contribution in [-0.4, -0.2) is 24.1 Å². The summed E-state index contributed by atoms with van der Waals surface area (Å²) in [6, 6.07) is 2.27. The van der Waals surface area contributed by atoms with E-state index in [0.29, 0.717) is 6.04 Å². The minimum Gasteiger partial charge on any atom is -0.356 e. The number of anilines is 1. The largest absolute Gasteiger partial charge is 0.356 e. The van der Waals surface area contributed by atoms with Crippen molar-refractivity contribution in [2.75, 3.05) is 18.0 Å². The highest BCUT2D eigenvalue weighted by Crippen LogP contribution is 2.30. The van der Waals surface area contributed by atoms with Gasteiger partial charge in [-0.3, -0.25) is 0 Å². The fourth-order valence-electron chi connectivity index (χ4n) is 2.78. The third-order valence-corrected chi connectivity index (χ3v) is 4.45. The SMILES string of the molecule is CCN(CC1CCC1)c1ncc(F)cc1CNC1CC1. The van der Waals surface area contributed by atoms with Crippen molar-refractivity contribution < 1.29 is 4.39 Å². The van der Waals surface area contributed by atoms with Crippen molar-refractivity contribution in [2.24, 2.45) is 5.92 Å². The standard InChI is InChI=1S/C16H24FN3/c1-2-20(11-12-4-3-5-12)16-13(8-14(17)10-19-16)9-18-15-6-7-15/h8,10,12,15,18H,2-7,9,11H2,1H3. The molecule has 0 unspecified atom stereocenters.